The molecule has 0 N–H and O–H groups in total. The molecular formula is C14H13ClN4O. The van der Waals surface area contributed by atoms with Crippen LogP contribution in [0.25, 0.3) is 11.0 Å². The van der Waals surface area contributed by atoms with Crippen molar-refractivity contribution < 1.29 is 4.74 Å². The Bertz CT molecular complexity index is 727. The maximum absolute atomic E-state index is 6.01. The number of nitrogens with zero attached hydrogens (tertiary/aromatic N) is 4. The normalized spacial score (nSPS) is 10.9. The Balaban J connectivity index is 2.13. The predicted octanol–water partition coefficient (Wildman–Crippen LogP) is 2.62. The molecule has 0 radical (unpaired) electrons. The van der Waals surface area contributed by atoms with E-state index in [9.17, 15) is 0 Å². The summed E-state index contributed by atoms with van der Waals surface area (Å²) in [5.74, 6) is 1.88. The topological polar surface area (TPSA) is 52.8 Å². The second-order valence-electron chi connectivity index (χ2n) is 4.28. The molecule has 0 aliphatic carbocycles. The molecule has 0 aliphatic rings. The molecule has 0 bridgehead atoms. The van der Waals surface area contributed by atoms with Crippen LogP contribution in [-0.4, -0.2) is 26.6 Å². The molecular weight excluding hydrogens is 276 g/mol. The molecule has 5 nitrogen and oxygen atoms in total. The number of ether oxygens (including phenoxy) is 1. The molecule has 3 aromatic rings. The number of fused-ring (bicyclic) bond motifs is 1. The molecule has 20 heavy (non-hydrogen) atoms. The Kier molecular flexibility index (Phi) is 3.52. The van der Waals surface area contributed by atoms with E-state index in [1.54, 1.807) is 13.3 Å². The van der Waals surface area contributed by atoms with Gasteiger partial charge in [0.1, 0.15) is 23.4 Å². The summed E-state index contributed by atoms with van der Waals surface area (Å²) in [6, 6.07) is 7.71. The number of imidazole rings is 1. The van der Waals surface area contributed by atoms with E-state index in [0.717, 1.165) is 28.3 Å². The van der Waals surface area contributed by atoms with Crippen LogP contribution in [0.5, 0.6) is 5.75 Å². The van der Waals surface area contributed by atoms with Gasteiger partial charge in [0.15, 0.2) is 0 Å². The first-order chi connectivity index (χ1) is 9.83. The van der Waals surface area contributed by atoms with Crippen LogP contribution in [0.3, 0.4) is 0 Å². The van der Waals surface area contributed by atoms with Crippen molar-refractivity contribution >= 4 is 22.6 Å². The number of alkyl halides is 1. The molecule has 2 aromatic heterocycles. The summed E-state index contributed by atoms with van der Waals surface area (Å²) in [7, 11) is 1.64. The Morgan fingerprint density at radius 3 is 2.90 bits per heavy atom. The van der Waals surface area contributed by atoms with Crippen LogP contribution in [0.1, 0.15) is 11.5 Å². The van der Waals surface area contributed by atoms with Crippen molar-refractivity contribution in [2.24, 2.45) is 0 Å². The summed E-state index contributed by atoms with van der Waals surface area (Å²) in [4.78, 5) is 12.7. The zero-order chi connectivity index (χ0) is 13.9. The van der Waals surface area contributed by atoms with E-state index >= 15 is 0 Å². The molecule has 2 heterocycles. The number of hydrogen-bond acceptors (Lipinski definition) is 4. The van der Waals surface area contributed by atoms with E-state index in [0.29, 0.717) is 12.4 Å². The molecule has 0 unspecified atom stereocenters. The lowest BCUT2D eigenvalue weighted by molar-refractivity contribution is 0.419. The molecule has 6 heteroatoms. The van der Waals surface area contributed by atoms with Gasteiger partial charge in [0.2, 0.25) is 0 Å². The zero-order valence-corrected chi connectivity index (χ0v) is 11.7. The maximum atomic E-state index is 6.01. The second kappa shape index (κ2) is 5.46. The third kappa shape index (κ3) is 2.20. The van der Waals surface area contributed by atoms with E-state index < -0.39 is 0 Å². The van der Waals surface area contributed by atoms with Gasteiger partial charge in [-0.2, -0.15) is 0 Å². The number of benzene rings is 1. The largest absolute Gasteiger partial charge is 0.494 e. The Morgan fingerprint density at radius 1 is 1.30 bits per heavy atom. The van der Waals surface area contributed by atoms with Crippen molar-refractivity contribution in [3.63, 3.8) is 0 Å². The van der Waals surface area contributed by atoms with E-state index in [4.69, 9.17) is 16.3 Å². The molecule has 0 saturated heterocycles. The van der Waals surface area contributed by atoms with Gasteiger partial charge >= 0.3 is 0 Å². The smallest absolute Gasteiger partial charge is 0.146 e. The van der Waals surface area contributed by atoms with Gasteiger partial charge in [0, 0.05) is 6.20 Å². The fourth-order valence-corrected chi connectivity index (χ4v) is 2.39. The van der Waals surface area contributed by atoms with Crippen LogP contribution in [-0.2, 0) is 12.4 Å². The summed E-state index contributed by atoms with van der Waals surface area (Å²) in [5, 5.41) is 0. The Labute approximate surface area is 121 Å². The number of halogens is 1. The lowest BCUT2D eigenvalue weighted by Crippen LogP contribution is -2.05. The van der Waals surface area contributed by atoms with Gasteiger partial charge in [-0.3, -0.25) is 0 Å². The van der Waals surface area contributed by atoms with Gasteiger partial charge < -0.3 is 9.30 Å². The average Bonchev–Trinajstić information content (AvgIpc) is 2.86. The number of rotatable bonds is 4. The zero-order valence-electron chi connectivity index (χ0n) is 11.0. The molecule has 0 atom stereocenters. The number of para-hydroxylation sites is 1. The monoisotopic (exact) mass is 288 g/mol. The highest BCUT2D eigenvalue weighted by Gasteiger charge is 2.13. The lowest BCUT2D eigenvalue weighted by Gasteiger charge is -2.07. The standard InChI is InChI=1S/C14H13ClN4O/c1-20-12-4-2-3-11-14(12)18-13(7-15)19(11)8-10-5-6-16-9-17-10/h2-6,9H,7-8H2,1H3. The van der Waals surface area contributed by atoms with Crippen LogP contribution < -0.4 is 4.74 Å². The highest BCUT2D eigenvalue weighted by atomic mass is 35.5. The summed E-state index contributed by atoms with van der Waals surface area (Å²) in [6.07, 6.45) is 3.26. The van der Waals surface area contributed by atoms with Crippen molar-refractivity contribution in [2.45, 2.75) is 12.4 Å². The lowest BCUT2D eigenvalue weighted by atomic mass is 10.3. The minimum absolute atomic E-state index is 0.336. The van der Waals surface area contributed by atoms with Crippen molar-refractivity contribution in [1.82, 2.24) is 19.5 Å². The van der Waals surface area contributed by atoms with E-state index in [2.05, 4.69) is 15.0 Å². The molecule has 0 fully saturated rings. The van der Waals surface area contributed by atoms with Crippen LogP contribution in [0.15, 0.2) is 36.8 Å². The summed E-state index contributed by atoms with van der Waals surface area (Å²) < 4.78 is 7.39. The average molecular weight is 289 g/mol. The van der Waals surface area contributed by atoms with Gasteiger partial charge in [0.25, 0.3) is 0 Å². The molecule has 1 aromatic carbocycles. The first kappa shape index (κ1) is 12.9. The Morgan fingerprint density at radius 2 is 2.20 bits per heavy atom. The van der Waals surface area contributed by atoms with E-state index in [1.165, 1.54) is 6.33 Å². The molecule has 0 amide bonds. The highest BCUT2D eigenvalue weighted by Crippen LogP contribution is 2.26. The van der Waals surface area contributed by atoms with Gasteiger partial charge in [0.05, 0.1) is 30.7 Å². The summed E-state index contributed by atoms with van der Waals surface area (Å²) in [6.45, 7) is 0.605. The number of methoxy groups -OCH3 is 1. The number of aromatic nitrogens is 4. The molecule has 0 spiro atoms. The van der Waals surface area contributed by atoms with Crippen LogP contribution in [0, 0.1) is 0 Å². The first-order valence-electron chi connectivity index (χ1n) is 6.16. The highest BCUT2D eigenvalue weighted by molar-refractivity contribution is 6.16. The minimum Gasteiger partial charge on any atom is -0.494 e. The van der Waals surface area contributed by atoms with Crippen molar-refractivity contribution in [1.29, 1.82) is 0 Å². The van der Waals surface area contributed by atoms with Gasteiger partial charge in [-0.05, 0) is 18.2 Å². The second-order valence-corrected chi connectivity index (χ2v) is 4.54. The van der Waals surface area contributed by atoms with E-state index in [-0.39, 0.29) is 0 Å². The molecule has 0 saturated carbocycles. The predicted molar refractivity (Wildman–Crippen MR) is 77.0 cm³/mol. The van der Waals surface area contributed by atoms with Crippen LogP contribution in [0.4, 0.5) is 0 Å². The quantitative estimate of drug-likeness (QED) is 0.693. The van der Waals surface area contributed by atoms with Crippen LogP contribution in [0.2, 0.25) is 0 Å². The fourth-order valence-electron chi connectivity index (χ4n) is 2.19. The van der Waals surface area contributed by atoms with Crippen molar-refractivity contribution in [3.05, 3.63) is 48.3 Å². The number of hydrogen-bond donors (Lipinski definition) is 0. The fraction of sp³-hybridized carbons (Fsp3) is 0.214. The van der Waals surface area contributed by atoms with Gasteiger partial charge in [-0.25, -0.2) is 15.0 Å². The Hall–Kier alpha value is -2.14. The summed E-state index contributed by atoms with van der Waals surface area (Å²) >= 11 is 6.01. The first-order valence-corrected chi connectivity index (χ1v) is 6.70. The SMILES string of the molecule is COc1cccc2c1nc(CCl)n2Cc1ccncn1. The van der Waals surface area contributed by atoms with Crippen molar-refractivity contribution in [3.8, 4) is 5.75 Å². The molecule has 0 aliphatic heterocycles. The maximum Gasteiger partial charge on any atom is 0.146 e. The van der Waals surface area contributed by atoms with Gasteiger partial charge in [-0.15, -0.1) is 11.6 Å². The summed E-state index contributed by atoms with van der Waals surface area (Å²) in [5.41, 5.74) is 2.71. The van der Waals surface area contributed by atoms with E-state index in [1.807, 2.05) is 28.8 Å². The molecule has 3 rings (SSSR count). The van der Waals surface area contributed by atoms with Gasteiger partial charge in [-0.1, -0.05) is 6.07 Å². The van der Waals surface area contributed by atoms with Crippen molar-refractivity contribution in [2.75, 3.05) is 7.11 Å². The third-order valence-corrected chi connectivity index (χ3v) is 3.36. The minimum atomic E-state index is 0.336. The van der Waals surface area contributed by atoms with Crippen LogP contribution >= 0.6 is 11.6 Å². The third-order valence-electron chi connectivity index (χ3n) is 3.12. The molecule has 102 valence electrons.